The number of hydrogen-bond acceptors (Lipinski definition) is 2. The molecule has 0 bridgehead atoms. The Morgan fingerprint density at radius 1 is 1.33 bits per heavy atom. The Balaban J connectivity index is 2.00. The molecule has 2 N–H and O–H groups in total. The van der Waals surface area contributed by atoms with E-state index in [1.165, 1.54) is 43.3 Å². The zero-order valence-electron chi connectivity index (χ0n) is 11.8. The van der Waals surface area contributed by atoms with Crippen molar-refractivity contribution in [2.45, 2.75) is 52.0 Å². The van der Waals surface area contributed by atoms with Gasteiger partial charge in [0.05, 0.1) is 0 Å². The molecule has 0 amide bonds. The Kier molecular flexibility index (Phi) is 4.51. The molecule has 1 aliphatic carbocycles. The summed E-state index contributed by atoms with van der Waals surface area (Å²) >= 11 is 0. The van der Waals surface area contributed by atoms with Gasteiger partial charge in [-0.3, -0.25) is 0 Å². The van der Waals surface area contributed by atoms with Crippen molar-refractivity contribution in [1.29, 1.82) is 0 Å². The van der Waals surface area contributed by atoms with Crippen LogP contribution in [0.5, 0.6) is 0 Å². The molecular weight excluding hydrogens is 220 g/mol. The fraction of sp³-hybridized carbons (Fsp3) is 0.625. The van der Waals surface area contributed by atoms with Crippen molar-refractivity contribution in [3.05, 3.63) is 35.7 Å². The lowest BCUT2D eigenvalue weighted by atomic mass is 9.93. The molecule has 0 aromatic rings. The zero-order valence-corrected chi connectivity index (χ0v) is 11.8. The normalized spacial score (nSPS) is 25.6. The van der Waals surface area contributed by atoms with Gasteiger partial charge in [0, 0.05) is 24.2 Å². The van der Waals surface area contributed by atoms with E-state index in [4.69, 9.17) is 0 Å². The smallest absolute Gasteiger partial charge is 0.0305 e. The monoisotopic (exact) mass is 246 g/mol. The summed E-state index contributed by atoms with van der Waals surface area (Å²) in [6, 6.07) is 0.639. The highest BCUT2D eigenvalue weighted by atomic mass is 14.9. The molecule has 18 heavy (non-hydrogen) atoms. The summed E-state index contributed by atoms with van der Waals surface area (Å²) in [7, 11) is 0. The van der Waals surface area contributed by atoms with Gasteiger partial charge in [0.2, 0.25) is 0 Å². The van der Waals surface area contributed by atoms with E-state index in [9.17, 15) is 0 Å². The van der Waals surface area contributed by atoms with Gasteiger partial charge >= 0.3 is 0 Å². The SMILES string of the molecule is C=C(NC1CCCCC1)C1=CC(C)=CNCC1C. The average Bonchev–Trinajstić information content (AvgIpc) is 2.52. The first kappa shape index (κ1) is 13.3. The van der Waals surface area contributed by atoms with Crippen LogP contribution in [0, 0.1) is 5.92 Å². The second-order valence-electron chi connectivity index (χ2n) is 5.76. The maximum atomic E-state index is 4.26. The second-order valence-corrected chi connectivity index (χ2v) is 5.76. The zero-order chi connectivity index (χ0) is 13.0. The molecule has 2 aliphatic rings. The molecule has 2 nitrogen and oxygen atoms in total. The van der Waals surface area contributed by atoms with Gasteiger partial charge in [-0.15, -0.1) is 0 Å². The minimum atomic E-state index is 0.516. The second kappa shape index (κ2) is 6.12. The number of rotatable bonds is 3. The van der Waals surface area contributed by atoms with E-state index in [0.717, 1.165) is 12.2 Å². The lowest BCUT2D eigenvalue weighted by molar-refractivity contribution is 0.396. The lowest BCUT2D eigenvalue weighted by Gasteiger charge is -2.27. The molecule has 2 heteroatoms. The van der Waals surface area contributed by atoms with E-state index in [1.54, 1.807) is 0 Å². The predicted molar refractivity (Wildman–Crippen MR) is 78.2 cm³/mol. The summed E-state index contributed by atoms with van der Waals surface area (Å²) in [5.74, 6) is 0.516. The molecule has 0 aromatic carbocycles. The Morgan fingerprint density at radius 2 is 2.06 bits per heavy atom. The van der Waals surface area contributed by atoms with Crippen LogP contribution in [0.4, 0.5) is 0 Å². The summed E-state index contributed by atoms with van der Waals surface area (Å²) in [5.41, 5.74) is 3.77. The van der Waals surface area contributed by atoms with Gasteiger partial charge in [-0.2, -0.15) is 0 Å². The Labute approximate surface area is 111 Å². The van der Waals surface area contributed by atoms with Crippen LogP contribution < -0.4 is 10.6 Å². The quantitative estimate of drug-likeness (QED) is 0.796. The molecule has 2 rings (SSSR count). The molecule has 100 valence electrons. The van der Waals surface area contributed by atoms with E-state index in [0.29, 0.717) is 12.0 Å². The average molecular weight is 246 g/mol. The standard InChI is InChI=1S/C16H26N2/c1-12-9-16(13(2)11-17-10-12)14(3)18-15-7-5-4-6-8-15/h9-10,13,15,17-18H,3-8,11H2,1-2H3. The molecule has 1 saturated carbocycles. The first-order valence-electron chi connectivity index (χ1n) is 7.24. The largest absolute Gasteiger partial charge is 0.390 e. The van der Waals surface area contributed by atoms with Gasteiger partial charge in [-0.05, 0) is 37.1 Å². The van der Waals surface area contributed by atoms with Gasteiger partial charge in [0.25, 0.3) is 0 Å². The Bertz CT molecular complexity index is 359. The van der Waals surface area contributed by atoms with Crippen molar-refractivity contribution in [3.63, 3.8) is 0 Å². The number of nitrogens with one attached hydrogen (secondary N) is 2. The number of hydrogen-bond donors (Lipinski definition) is 2. The van der Waals surface area contributed by atoms with E-state index >= 15 is 0 Å². The van der Waals surface area contributed by atoms with Gasteiger partial charge in [-0.1, -0.05) is 38.8 Å². The van der Waals surface area contributed by atoms with Crippen molar-refractivity contribution in [2.75, 3.05) is 6.54 Å². The summed E-state index contributed by atoms with van der Waals surface area (Å²) in [4.78, 5) is 0. The highest BCUT2D eigenvalue weighted by molar-refractivity contribution is 5.37. The predicted octanol–water partition coefficient (Wildman–Crippen LogP) is 3.49. The molecule has 0 radical (unpaired) electrons. The van der Waals surface area contributed by atoms with E-state index in [1.807, 2.05) is 0 Å². The molecule has 0 saturated heterocycles. The molecule has 0 spiro atoms. The summed E-state index contributed by atoms with van der Waals surface area (Å²) in [5, 5.41) is 7.00. The molecule has 1 atom stereocenters. The minimum absolute atomic E-state index is 0.516. The van der Waals surface area contributed by atoms with Crippen LogP contribution in [0.1, 0.15) is 46.0 Å². The van der Waals surface area contributed by atoms with Crippen molar-refractivity contribution < 1.29 is 0 Å². The highest BCUT2D eigenvalue weighted by Crippen LogP contribution is 2.24. The fourth-order valence-electron chi connectivity index (χ4n) is 2.90. The molecule has 0 aromatic heterocycles. The van der Waals surface area contributed by atoms with Crippen LogP contribution in [-0.2, 0) is 0 Å². The van der Waals surface area contributed by atoms with Crippen LogP contribution in [0.3, 0.4) is 0 Å². The van der Waals surface area contributed by atoms with E-state index < -0.39 is 0 Å². The first-order chi connectivity index (χ1) is 8.66. The summed E-state index contributed by atoms with van der Waals surface area (Å²) in [6.07, 6.45) is 11.1. The molecule has 1 heterocycles. The fourth-order valence-corrected chi connectivity index (χ4v) is 2.90. The van der Waals surface area contributed by atoms with Crippen molar-refractivity contribution >= 4 is 0 Å². The van der Waals surface area contributed by atoms with Crippen LogP contribution in [-0.4, -0.2) is 12.6 Å². The third kappa shape index (κ3) is 3.41. The molecule has 1 fully saturated rings. The molecular formula is C16H26N2. The van der Waals surface area contributed by atoms with Gasteiger partial charge in [0.15, 0.2) is 0 Å². The van der Waals surface area contributed by atoms with Crippen molar-refractivity contribution in [1.82, 2.24) is 10.6 Å². The molecule has 1 unspecified atom stereocenters. The van der Waals surface area contributed by atoms with Gasteiger partial charge in [-0.25, -0.2) is 0 Å². The van der Waals surface area contributed by atoms with Crippen LogP contribution in [0.25, 0.3) is 0 Å². The minimum Gasteiger partial charge on any atom is -0.390 e. The van der Waals surface area contributed by atoms with Crippen LogP contribution >= 0.6 is 0 Å². The Hall–Kier alpha value is -1.18. The van der Waals surface area contributed by atoms with Crippen LogP contribution in [0.2, 0.25) is 0 Å². The molecule has 1 aliphatic heterocycles. The Morgan fingerprint density at radius 3 is 2.78 bits per heavy atom. The van der Waals surface area contributed by atoms with E-state index in [-0.39, 0.29) is 0 Å². The third-order valence-electron chi connectivity index (χ3n) is 4.00. The van der Waals surface area contributed by atoms with Crippen molar-refractivity contribution in [2.24, 2.45) is 5.92 Å². The summed E-state index contributed by atoms with van der Waals surface area (Å²) in [6.45, 7) is 9.66. The lowest BCUT2D eigenvalue weighted by Crippen LogP contribution is -2.32. The van der Waals surface area contributed by atoms with Gasteiger partial charge in [0.1, 0.15) is 0 Å². The van der Waals surface area contributed by atoms with Crippen LogP contribution in [0.15, 0.2) is 35.7 Å². The number of allylic oxidation sites excluding steroid dienone is 3. The van der Waals surface area contributed by atoms with Gasteiger partial charge < -0.3 is 10.6 Å². The van der Waals surface area contributed by atoms with Crippen molar-refractivity contribution in [3.8, 4) is 0 Å². The summed E-state index contributed by atoms with van der Waals surface area (Å²) < 4.78 is 0. The highest BCUT2D eigenvalue weighted by Gasteiger charge is 2.18. The maximum Gasteiger partial charge on any atom is 0.0305 e. The first-order valence-corrected chi connectivity index (χ1v) is 7.24. The third-order valence-corrected chi connectivity index (χ3v) is 4.00. The maximum absolute atomic E-state index is 4.26. The topological polar surface area (TPSA) is 24.1 Å². The van der Waals surface area contributed by atoms with E-state index in [2.05, 4.69) is 43.3 Å².